The molecule has 2 atom stereocenters. The van der Waals surface area contributed by atoms with Crippen molar-refractivity contribution < 1.29 is 17.9 Å². The Morgan fingerprint density at radius 1 is 1.46 bits per heavy atom. The molecule has 0 radical (unpaired) electrons. The number of sulfonamides is 1. The predicted octanol–water partition coefficient (Wildman–Crippen LogP) is -1.24. The van der Waals surface area contributed by atoms with Crippen LogP contribution < -0.4 is 5.32 Å². The van der Waals surface area contributed by atoms with Crippen molar-refractivity contribution in [3.8, 4) is 0 Å². The molecule has 0 aromatic carbocycles. The van der Waals surface area contributed by atoms with Gasteiger partial charge in [0, 0.05) is 32.4 Å². The average molecular weight is 354 g/mol. The van der Waals surface area contributed by atoms with E-state index in [0.29, 0.717) is 5.78 Å². The fraction of sp³-hybridized carbons (Fsp3) is 0.538. The lowest BCUT2D eigenvalue weighted by Gasteiger charge is -2.20. The normalized spacial score (nSPS) is 21.5. The molecule has 1 N–H and O–H groups in total. The van der Waals surface area contributed by atoms with Crippen molar-refractivity contribution in [2.45, 2.75) is 6.04 Å². The lowest BCUT2D eigenvalue weighted by molar-refractivity contribution is 0.0915. The quantitative estimate of drug-likeness (QED) is 0.713. The lowest BCUT2D eigenvalue weighted by Crippen LogP contribution is -2.43. The number of hydrogen-bond acceptors (Lipinski definition) is 7. The Balaban J connectivity index is 1.71. The van der Waals surface area contributed by atoms with E-state index < -0.39 is 22.0 Å². The van der Waals surface area contributed by atoms with Gasteiger partial charge >= 0.3 is 0 Å². The fourth-order valence-electron chi connectivity index (χ4n) is 2.40. The van der Waals surface area contributed by atoms with Gasteiger partial charge in [-0.15, -0.1) is 5.10 Å². The smallest absolute Gasteiger partial charge is 0.291 e. The third kappa shape index (κ3) is 3.37. The highest BCUT2D eigenvalue weighted by Gasteiger charge is 2.34. The van der Waals surface area contributed by atoms with Gasteiger partial charge in [0.15, 0.2) is 0 Å². The molecule has 11 heteroatoms. The molecule has 0 spiro atoms. The van der Waals surface area contributed by atoms with Crippen molar-refractivity contribution in [1.29, 1.82) is 0 Å². The molecule has 10 nitrogen and oxygen atoms in total. The van der Waals surface area contributed by atoms with Gasteiger partial charge in [-0.1, -0.05) is 0 Å². The highest BCUT2D eigenvalue weighted by Crippen LogP contribution is 2.17. The van der Waals surface area contributed by atoms with Gasteiger partial charge in [-0.2, -0.15) is 4.98 Å². The minimum atomic E-state index is -3.38. The molecule has 0 saturated carbocycles. The van der Waals surface area contributed by atoms with E-state index >= 15 is 0 Å². The monoisotopic (exact) mass is 354 g/mol. The molecule has 1 aliphatic rings. The molecule has 3 heterocycles. The van der Waals surface area contributed by atoms with E-state index in [1.54, 1.807) is 18.5 Å². The van der Waals surface area contributed by atoms with Crippen LogP contribution in [0.4, 0.5) is 0 Å². The summed E-state index contributed by atoms with van der Waals surface area (Å²) in [6.45, 7) is 0.531. The summed E-state index contributed by atoms with van der Waals surface area (Å²) < 4.78 is 32.0. The van der Waals surface area contributed by atoms with Gasteiger partial charge in [0.25, 0.3) is 11.7 Å². The number of nitrogens with one attached hydrogen (secondary N) is 1. The Labute approximate surface area is 138 Å². The SMILES string of the molecule is CN(C)S(=O)(=O)C[C@@H]1COC[C@H]1NC(=O)c1nc2ncccn2n1. The number of rotatable bonds is 5. The van der Waals surface area contributed by atoms with Crippen molar-refractivity contribution in [2.75, 3.05) is 33.1 Å². The van der Waals surface area contributed by atoms with Crippen LogP contribution in [0.2, 0.25) is 0 Å². The second-order valence-corrected chi connectivity index (χ2v) is 7.97. The Bertz CT molecular complexity index is 816. The van der Waals surface area contributed by atoms with Crippen LogP contribution in [-0.2, 0) is 14.8 Å². The van der Waals surface area contributed by atoms with E-state index in [1.165, 1.54) is 22.9 Å². The second kappa shape index (κ2) is 6.42. The maximum absolute atomic E-state index is 12.3. The maximum atomic E-state index is 12.3. The zero-order valence-corrected chi connectivity index (χ0v) is 14.1. The first-order chi connectivity index (χ1) is 11.4. The Morgan fingerprint density at radius 3 is 2.96 bits per heavy atom. The summed E-state index contributed by atoms with van der Waals surface area (Å²) in [5.74, 6) is -0.600. The van der Waals surface area contributed by atoms with Gasteiger partial charge in [0.1, 0.15) is 0 Å². The van der Waals surface area contributed by atoms with Crippen molar-refractivity contribution in [2.24, 2.45) is 5.92 Å². The molecule has 1 aliphatic heterocycles. The zero-order chi connectivity index (χ0) is 17.3. The maximum Gasteiger partial charge on any atom is 0.291 e. The molecule has 1 saturated heterocycles. The molecule has 0 bridgehead atoms. The average Bonchev–Trinajstić information content (AvgIpc) is 3.13. The van der Waals surface area contributed by atoms with Crippen LogP contribution in [0.15, 0.2) is 18.5 Å². The van der Waals surface area contributed by atoms with Gasteiger partial charge in [0.05, 0.1) is 25.0 Å². The van der Waals surface area contributed by atoms with E-state index in [1.807, 2.05) is 0 Å². The molecule has 24 heavy (non-hydrogen) atoms. The minimum Gasteiger partial charge on any atom is -0.379 e. The zero-order valence-electron chi connectivity index (χ0n) is 13.3. The van der Waals surface area contributed by atoms with Gasteiger partial charge in [-0.05, 0) is 6.07 Å². The van der Waals surface area contributed by atoms with Gasteiger partial charge in [0.2, 0.25) is 15.8 Å². The van der Waals surface area contributed by atoms with Crippen molar-refractivity contribution in [3.63, 3.8) is 0 Å². The van der Waals surface area contributed by atoms with Crippen LogP contribution in [0.3, 0.4) is 0 Å². The van der Waals surface area contributed by atoms with E-state index in [0.717, 1.165) is 0 Å². The Hall–Kier alpha value is -2.11. The van der Waals surface area contributed by atoms with Crippen LogP contribution in [0, 0.1) is 5.92 Å². The number of amides is 1. The van der Waals surface area contributed by atoms with E-state index in [2.05, 4.69) is 20.4 Å². The molecule has 130 valence electrons. The lowest BCUT2D eigenvalue weighted by atomic mass is 10.1. The summed E-state index contributed by atoms with van der Waals surface area (Å²) in [6, 6.07) is 1.27. The highest BCUT2D eigenvalue weighted by molar-refractivity contribution is 7.89. The largest absolute Gasteiger partial charge is 0.379 e. The second-order valence-electron chi connectivity index (χ2n) is 5.74. The number of hydrogen-bond donors (Lipinski definition) is 1. The number of carbonyl (C=O) groups excluding carboxylic acids is 1. The van der Waals surface area contributed by atoms with Crippen LogP contribution in [0.25, 0.3) is 5.78 Å². The third-order valence-corrected chi connectivity index (χ3v) is 5.78. The summed E-state index contributed by atoms with van der Waals surface area (Å²) in [7, 11) is -0.422. The molecule has 0 aliphatic carbocycles. The summed E-state index contributed by atoms with van der Waals surface area (Å²) in [5, 5.41) is 6.80. The number of ether oxygens (including phenoxy) is 1. The van der Waals surface area contributed by atoms with Gasteiger partial charge < -0.3 is 10.1 Å². The van der Waals surface area contributed by atoms with E-state index in [9.17, 15) is 13.2 Å². The molecule has 2 aromatic rings. The van der Waals surface area contributed by atoms with Gasteiger partial charge in [-0.3, -0.25) is 4.79 Å². The van der Waals surface area contributed by atoms with Crippen LogP contribution in [0.5, 0.6) is 0 Å². The summed E-state index contributed by atoms with van der Waals surface area (Å²) in [4.78, 5) is 20.4. The molecular formula is C13H18N6O4S. The van der Waals surface area contributed by atoms with Crippen LogP contribution >= 0.6 is 0 Å². The highest BCUT2D eigenvalue weighted by atomic mass is 32.2. The van der Waals surface area contributed by atoms with Crippen molar-refractivity contribution in [3.05, 3.63) is 24.3 Å². The number of nitrogens with zero attached hydrogens (tertiary/aromatic N) is 5. The summed E-state index contributed by atoms with van der Waals surface area (Å²) >= 11 is 0. The predicted molar refractivity (Wildman–Crippen MR) is 83.8 cm³/mol. The summed E-state index contributed by atoms with van der Waals surface area (Å²) in [6.07, 6.45) is 3.19. The molecule has 2 aromatic heterocycles. The molecular weight excluding hydrogens is 336 g/mol. The minimum absolute atomic E-state index is 0.0187. The van der Waals surface area contributed by atoms with Crippen LogP contribution in [-0.4, -0.2) is 77.3 Å². The Morgan fingerprint density at radius 2 is 2.25 bits per heavy atom. The standard InChI is InChI=1S/C13H18N6O4S/c1-18(2)24(21,22)8-9-6-23-7-10(9)15-12(20)11-16-13-14-4-3-5-19(13)17-11/h3-5,9-10H,6-8H2,1-2H3,(H,15,20)/t9-,10+/m0/s1. The molecule has 1 amide bonds. The fourth-order valence-corrected chi connectivity index (χ4v) is 3.57. The molecule has 3 rings (SSSR count). The van der Waals surface area contributed by atoms with Crippen LogP contribution in [0.1, 0.15) is 10.6 Å². The van der Waals surface area contributed by atoms with Crippen molar-refractivity contribution >= 4 is 21.7 Å². The molecule has 0 unspecified atom stereocenters. The summed E-state index contributed by atoms with van der Waals surface area (Å²) in [5.41, 5.74) is 0. The van der Waals surface area contributed by atoms with Gasteiger partial charge in [-0.25, -0.2) is 22.2 Å². The first-order valence-corrected chi connectivity index (χ1v) is 8.94. The number of carbonyl (C=O) groups is 1. The Kier molecular flexibility index (Phi) is 4.47. The first kappa shape index (κ1) is 16.7. The number of aromatic nitrogens is 4. The first-order valence-electron chi connectivity index (χ1n) is 7.33. The topological polar surface area (TPSA) is 119 Å². The van der Waals surface area contributed by atoms with E-state index in [-0.39, 0.29) is 30.7 Å². The third-order valence-electron chi connectivity index (χ3n) is 3.82. The number of fused-ring (bicyclic) bond motifs is 1. The molecule has 1 fully saturated rings. The van der Waals surface area contributed by atoms with E-state index in [4.69, 9.17) is 4.74 Å². The van der Waals surface area contributed by atoms with Crippen molar-refractivity contribution in [1.82, 2.24) is 29.2 Å².